The van der Waals surface area contributed by atoms with Crippen LogP contribution in [0.15, 0.2) is 6.33 Å². The molecule has 2 rings (SSSR count). The summed E-state index contributed by atoms with van der Waals surface area (Å²) in [5.74, 6) is 1.12. The van der Waals surface area contributed by atoms with Gasteiger partial charge in [-0.3, -0.25) is 4.68 Å². The number of hydrogen-bond donors (Lipinski definition) is 1. The Morgan fingerprint density at radius 2 is 1.95 bits per heavy atom. The van der Waals surface area contributed by atoms with Crippen LogP contribution in [-0.2, 0) is 13.5 Å². The van der Waals surface area contributed by atoms with Gasteiger partial charge >= 0.3 is 0 Å². The maximum atomic E-state index is 4.42. The van der Waals surface area contributed by atoms with E-state index in [4.69, 9.17) is 0 Å². The van der Waals surface area contributed by atoms with E-state index in [0.29, 0.717) is 5.41 Å². The van der Waals surface area contributed by atoms with Crippen LogP contribution in [0.25, 0.3) is 0 Å². The van der Waals surface area contributed by atoms with Crippen LogP contribution in [0.5, 0.6) is 0 Å². The van der Waals surface area contributed by atoms with Gasteiger partial charge in [0.05, 0.1) is 0 Å². The van der Waals surface area contributed by atoms with E-state index in [1.54, 1.807) is 6.33 Å². The summed E-state index contributed by atoms with van der Waals surface area (Å²) in [4.78, 5) is 4.42. The van der Waals surface area contributed by atoms with Crippen molar-refractivity contribution >= 4 is 0 Å². The molecule has 1 N–H and O–H groups in total. The van der Waals surface area contributed by atoms with Gasteiger partial charge in [-0.05, 0) is 39.0 Å². The first-order valence-corrected chi connectivity index (χ1v) is 7.48. The minimum absolute atomic E-state index is 0.185. The van der Waals surface area contributed by atoms with Gasteiger partial charge in [0.2, 0.25) is 0 Å². The molecule has 0 bridgehead atoms. The zero-order valence-electron chi connectivity index (χ0n) is 12.9. The summed E-state index contributed by atoms with van der Waals surface area (Å²) in [6, 6.07) is 0. The lowest BCUT2D eigenvalue weighted by Gasteiger charge is -2.39. The van der Waals surface area contributed by atoms with Crippen molar-refractivity contribution in [2.24, 2.45) is 12.5 Å². The van der Waals surface area contributed by atoms with Gasteiger partial charge in [-0.2, -0.15) is 5.10 Å². The molecule has 1 fully saturated rings. The molecule has 1 heterocycles. The van der Waals surface area contributed by atoms with Gasteiger partial charge < -0.3 is 5.32 Å². The molecule has 1 aromatic heterocycles. The quantitative estimate of drug-likeness (QED) is 0.909. The fraction of sp³-hybridized carbons (Fsp3) is 0.867. The van der Waals surface area contributed by atoms with Crippen LogP contribution < -0.4 is 5.32 Å². The Hall–Kier alpha value is -0.900. The van der Waals surface area contributed by atoms with Crippen molar-refractivity contribution < 1.29 is 0 Å². The second-order valence-corrected chi connectivity index (χ2v) is 7.14. The molecular formula is C15H28N4. The molecule has 1 aliphatic carbocycles. The molecule has 108 valence electrons. The molecule has 0 atom stereocenters. The first-order chi connectivity index (χ1) is 8.90. The van der Waals surface area contributed by atoms with Crippen LogP contribution >= 0.6 is 0 Å². The van der Waals surface area contributed by atoms with Crippen molar-refractivity contribution in [2.75, 3.05) is 6.54 Å². The molecule has 1 saturated carbocycles. The molecule has 4 nitrogen and oxygen atoms in total. The number of aromatic nitrogens is 3. The van der Waals surface area contributed by atoms with Crippen LogP contribution in [-0.4, -0.2) is 26.8 Å². The molecule has 1 aliphatic rings. The van der Waals surface area contributed by atoms with Gasteiger partial charge in [-0.1, -0.05) is 19.3 Å². The Morgan fingerprint density at radius 1 is 1.26 bits per heavy atom. The van der Waals surface area contributed by atoms with Gasteiger partial charge in [0, 0.05) is 25.6 Å². The summed E-state index contributed by atoms with van der Waals surface area (Å²) in [6.45, 7) is 7.81. The summed E-state index contributed by atoms with van der Waals surface area (Å²) in [5, 5.41) is 7.91. The summed E-state index contributed by atoms with van der Waals surface area (Å²) < 4.78 is 1.92. The van der Waals surface area contributed by atoms with E-state index in [1.165, 1.54) is 32.1 Å². The number of aryl methyl sites for hydroxylation is 1. The van der Waals surface area contributed by atoms with Crippen LogP contribution in [0.2, 0.25) is 0 Å². The molecule has 0 saturated heterocycles. The second kappa shape index (κ2) is 5.61. The Balaban J connectivity index is 2.08. The van der Waals surface area contributed by atoms with Gasteiger partial charge in [0.15, 0.2) is 0 Å². The molecule has 0 aliphatic heterocycles. The van der Waals surface area contributed by atoms with Crippen LogP contribution in [0.3, 0.4) is 0 Å². The SMILES string of the molecule is Cn1ncnc1CC1(CNC(C)(C)C)CCCCC1. The van der Waals surface area contributed by atoms with E-state index >= 15 is 0 Å². The summed E-state index contributed by atoms with van der Waals surface area (Å²) in [5.41, 5.74) is 0.552. The lowest BCUT2D eigenvalue weighted by atomic mass is 9.71. The largest absolute Gasteiger partial charge is 0.312 e. The third-order valence-corrected chi connectivity index (χ3v) is 4.25. The molecule has 0 amide bonds. The van der Waals surface area contributed by atoms with Crippen molar-refractivity contribution in [1.82, 2.24) is 20.1 Å². The molecule has 0 radical (unpaired) electrons. The third kappa shape index (κ3) is 4.03. The number of hydrogen-bond acceptors (Lipinski definition) is 3. The van der Waals surface area contributed by atoms with Gasteiger partial charge in [-0.15, -0.1) is 0 Å². The smallest absolute Gasteiger partial charge is 0.138 e. The van der Waals surface area contributed by atoms with Crippen LogP contribution in [0.4, 0.5) is 0 Å². The molecular weight excluding hydrogens is 236 g/mol. The Bertz CT molecular complexity index is 397. The Morgan fingerprint density at radius 3 is 2.47 bits per heavy atom. The lowest BCUT2D eigenvalue weighted by Crippen LogP contribution is -2.46. The highest BCUT2D eigenvalue weighted by Gasteiger charge is 2.34. The number of nitrogens with zero attached hydrogens (tertiary/aromatic N) is 3. The van der Waals surface area contributed by atoms with Crippen molar-refractivity contribution in [1.29, 1.82) is 0 Å². The normalized spacial score (nSPS) is 19.6. The summed E-state index contributed by atoms with van der Waals surface area (Å²) in [6.07, 6.45) is 9.42. The number of nitrogens with one attached hydrogen (secondary N) is 1. The molecule has 0 unspecified atom stereocenters. The summed E-state index contributed by atoms with van der Waals surface area (Å²) in [7, 11) is 2.00. The van der Waals surface area contributed by atoms with Crippen molar-refractivity contribution in [2.45, 2.75) is 64.8 Å². The monoisotopic (exact) mass is 264 g/mol. The number of rotatable bonds is 4. The first-order valence-electron chi connectivity index (χ1n) is 7.48. The van der Waals surface area contributed by atoms with Crippen molar-refractivity contribution in [3.63, 3.8) is 0 Å². The maximum absolute atomic E-state index is 4.42. The topological polar surface area (TPSA) is 42.7 Å². The highest BCUT2D eigenvalue weighted by molar-refractivity contribution is 4.97. The van der Waals surface area contributed by atoms with Crippen molar-refractivity contribution in [3.8, 4) is 0 Å². The van der Waals surface area contributed by atoms with E-state index in [9.17, 15) is 0 Å². The average molecular weight is 264 g/mol. The second-order valence-electron chi connectivity index (χ2n) is 7.14. The third-order valence-electron chi connectivity index (χ3n) is 4.25. The van der Waals surface area contributed by atoms with E-state index in [2.05, 4.69) is 36.2 Å². The molecule has 4 heteroatoms. The van der Waals surface area contributed by atoms with Crippen molar-refractivity contribution in [3.05, 3.63) is 12.2 Å². The van der Waals surface area contributed by atoms with E-state index < -0.39 is 0 Å². The highest BCUT2D eigenvalue weighted by atomic mass is 15.3. The molecule has 0 spiro atoms. The zero-order valence-corrected chi connectivity index (χ0v) is 12.9. The van der Waals surface area contributed by atoms with E-state index in [1.807, 2.05) is 11.7 Å². The zero-order chi connectivity index (χ0) is 13.9. The minimum atomic E-state index is 0.185. The van der Waals surface area contributed by atoms with Crippen LogP contribution in [0.1, 0.15) is 58.7 Å². The highest BCUT2D eigenvalue weighted by Crippen LogP contribution is 2.38. The van der Waals surface area contributed by atoms with E-state index in [0.717, 1.165) is 18.8 Å². The minimum Gasteiger partial charge on any atom is -0.312 e. The molecule has 0 aromatic carbocycles. The first kappa shape index (κ1) is 14.5. The van der Waals surface area contributed by atoms with Gasteiger partial charge in [0.1, 0.15) is 12.2 Å². The predicted molar refractivity (Wildman–Crippen MR) is 78.0 cm³/mol. The Kier molecular flexibility index (Phi) is 4.29. The maximum Gasteiger partial charge on any atom is 0.138 e. The Labute approximate surface area is 117 Å². The lowest BCUT2D eigenvalue weighted by molar-refractivity contribution is 0.161. The molecule has 19 heavy (non-hydrogen) atoms. The fourth-order valence-corrected chi connectivity index (χ4v) is 2.99. The van der Waals surface area contributed by atoms with Crippen LogP contribution in [0, 0.1) is 5.41 Å². The average Bonchev–Trinajstić information content (AvgIpc) is 2.73. The van der Waals surface area contributed by atoms with Gasteiger partial charge in [-0.25, -0.2) is 4.98 Å². The predicted octanol–water partition coefficient (Wildman–Crippen LogP) is 2.70. The fourth-order valence-electron chi connectivity index (χ4n) is 2.99. The van der Waals surface area contributed by atoms with E-state index in [-0.39, 0.29) is 5.54 Å². The molecule has 1 aromatic rings. The summed E-state index contributed by atoms with van der Waals surface area (Å²) >= 11 is 0. The standard InChI is InChI=1S/C15H28N4/c1-14(2,3)17-11-15(8-6-5-7-9-15)10-13-16-12-18-19(13)4/h12,17H,5-11H2,1-4H3. The van der Waals surface area contributed by atoms with Gasteiger partial charge in [0.25, 0.3) is 0 Å².